The third-order valence-electron chi connectivity index (χ3n) is 0.445. The van der Waals surface area contributed by atoms with Crippen LogP contribution in [-0.2, 0) is 4.79 Å². The highest BCUT2D eigenvalue weighted by Crippen LogP contribution is 1.97. The number of hydrogen-bond donors (Lipinski definition) is 1. The fraction of sp³-hybridized carbons (Fsp3) is 0.667. The molecule has 42 valence electrons. The van der Waals surface area contributed by atoms with Crippen molar-refractivity contribution in [2.75, 3.05) is 7.05 Å². The summed E-state index contributed by atoms with van der Waals surface area (Å²) in [6, 6.07) is 0. The van der Waals surface area contributed by atoms with E-state index in [4.69, 9.17) is 0 Å². The van der Waals surface area contributed by atoms with Crippen LogP contribution in [0.15, 0.2) is 0 Å². The van der Waals surface area contributed by atoms with Crippen LogP contribution in [0.5, 0.6) is 0 Å². The molecule has 0 aliphatic rings. The summed E-state index contributed by atoms with van der Waals surface area (Å²) in [6.45, 7) is 0. The first-order valence-electron chi connectivity index (χ1n) is 1.68. The number of halogens is 2. The lowest BCUT2D eigenvalue weighted by atomic mass is 10.7. The Bertz CT molecular complexity index is 75.3. The van der Waals surface area contributed by atoms with Crippen LogP contribution < -0.4 is 5.32 Å². The van der Waals surface area contributed by atoms with Gasteiger partial charge in [0.1, 0.15) is 0 Å². The van der Waals surface area contributed by atoms with Crippen molar-refractivity contribution in [2.45, 2.75) is 5.08 Å². The zero-order valence-corrected chi connectivity index (χ0v) is 5.33. The number of nitrogens with one attached hydrogen (secondary N) is 1. The first-order valence-corrected chi connectivity index (χ1v) is 2.59. The molecular weight excluding hydrogens is 165 g/mol. The quantitative estimate of drug-likeness (QED) is 0.567. The predicted molar refractivity (Wildman–Crippen MR) is 27.9 cm³/mol. The van der Waals surface area contributed by atoms with E-state index < -0.39 is 11.0 Å². The van der Waals surface area contributed by atoms with Gasteiger partial charge in [0.15, 0.2) is 0 Å². The maximum atomic E-state index is 11.6. The van der Waals surface area contributed by atoms with Crippen LogP contribution in [0.25, 0.3) is 0 Å². The summed E-state index contributed by atoms with van der Waals surface area (Å²) in [5, 5.41) is 0.532. The van der Waals surface area contributed by atoms with E-state index in [2.05, 4.69) is 21.2 Å². The molecule has 1 N–H and O–H groups in total. The van der Waals surface area contributed by atoms with E-state index in [-0.39, 0.29) is 0 Å². The second kappa shape index (κ2) is 2.96. The molecule has 0 saturated heterocycles. The molecule has 1 amide bonds. The van der Waals surface area contributed by atoms with E-state index in [9.17, 15) is 9.18 Å². The largest absolute Gasteiger partial charge is 0.356 e. The zero-order valence-electron chi connectivity index (χ0n) is 3.74. The van der Waals surface area contributed by atoms with E-state index in [0.717, 1.165) is 0 Å². The van der Waals surface area contributed by atoms with Crippen molar-refractivity contribution in [2.24, 2.45) is 0 Å². The molecule has 0 radical (unpaired) electrons. The second-order valence-electron chi connectivity index (χ2n) is 0.915. The van der Waals surface area contributed by atoms with Crippen LogP contribution in [0.4, 0.5) is 4.39 Å². The Labute approximate surface area is 49.2 Å². The van der Waals surface area contributed by atoms with Crippen molar-refractivity contribution in [1.82, 2.24) is 5.32 Å². The van der Waals surface area contributed by atoms with Gasteiger partial charge in [-0.3, -0.25) is 4.79 Å². The summed E-state index contributed by atoms with van der Waals surface area (Å²) in [4.78, 5) is 9.98. The molecule has 0 aromatic heterocycles. The second-order valence-corrected chi connectivity index (χ2v) is 1.72. The molecule has 0 fully saturated rings. The lowest BCUT2D eigenvalue weighted by molar-refractivity contribution is -0.122. The minimum absolute atomic E-state index is 0.653. The summed E-state index contributed by atoms with van der Waals surface area (Å²) in [6.07, 6.45) is 0. The van der Waals surface area contributed by atoms with Gasteiger partial charge >= 0.3 is 0 Å². The predicted octanol–water partition coefficient (Wildman–Crippen LogP) is 0.423. The lowest BCUT2D eigenvalue weighted by Crippen LogP contribution is -2.24. The first kappa shape index (κ1) is 6.88. The lowest BCUT2D eigenvalue weighted by Gasteiger charge is -1.93. The smallest absolute Gasteiger partial charge is 0.265 e. The van der Waals surface area contributed by atoms with E-state index in [0.29, 0.717) is 0 Å². The number of carbonyl (C=O) groups is 1. The average molecular weight is 170 g/mol. The zero-order chi connectivity index (χ0) is 5.86. The number of rotatable bonds is 1. The van der Waals surface area contributed by atoms with Gasteiger partial charge in [0.05, 0.1) is 0 Å². The summed E-state index contributed by atoms with van der Waals surface area (Å²) >= 11 is 2.42. The van der Waals surface area contributed by atoms with E-state index in [1.54, 1.807) is 0 Å². The fourth-order valence-electron chi connectivity index (χ4n) is 0.109. The standard InChI is InChI=1S/C3H5BrFNO/c1-6-3(7)2(4)5/h2H,1H3,(H,6,7)/t2-/m0/s1. The number of hydrogen-bond acceptors (Lipinski definition) is 1. The van der Waals surface area contributed by atoms with Gasteiger partial charge in [-0.25, -0.2) is 4.39 Å². The van der Waals surface area contributed by atoms with Crippen LogP contribution in [-0.4, -0.2) is 18.0 Å². The molecule has 0 heterocycles. The highest BCUT2D eigenvalue weighted by atomic mass is 79.9. The van der Waals surface area contributed by atoms with E-state index >= 15 is 0 Å². The Balaban J connectivity index is 3.35. The third kappa shape index (κ3) is 2.56. The molecular formula is C3H5BrFNO. The normalized spacial score (nSPS) is 13.0. The van der Waals surface area contributed by atoms with Crippen molar-refractivity contribution in [3.63, 3.8) is 0 Å². The summed E-state index contributed by atoms with van der Waals surface area (Å²) in [5.74, 6) is -0.653. The molecule has 0 aliphatic heterocycles. The first-order chi connectivity index (χ1) is 3.18. The van der Waals surface area contributed by atoms with Crippen molar-refractivity contribution < 1.29 is 9.18 Å². The van der Waals surface area contributed by atoms with Gasteiger partial charge in [0, 0.05) is 7.05 Å². The van der Waals surface area contributed by atoms with Crippen LogP contribution in [0.1, 0.15) is 0 Å². The van der Waals surface area contributed by atoms with Crippen LogP contribution in [0.3, 0.4) is 0 Å². The minimum Gasteiger partial charge on any atom is -0.356 e. The van der Waals surface area contributed by atoms with Crippen LogP contribution in [0.2, 0.25) is 0 Å². The monoisotopic (exact) mass is 169 g/mol. The molecule has 1 atom stereocenters. The maximum Gasteiger partial charge on any atom is 0.265 e. The van der Waals surface area contributed by atoms with Gasteiger partial charge in [-0.2, -0.15) is 0 Å². The number of alkyl halides is 2. The molecule has 0 bridgehead atoms. The van der Waals surface area contributed by atoms with Crippen LogP contribution >= 0.6 is 15.9 Å². The molecule has 0 aliphatic carbocycles. The maximum absolute atomic E-state index is 11.6. The fourth-order valence-corrected chi connectivity index (χ4v) is 0.338. The molecule has 7 heavy (non-hydrogen) atoms. The highest BCUT2D eigenvalue weighted by molar-refractivity contribution is 9.09. The number of amides is 1. The topological polar surface area (TPSA) is 29.1 Å². The molecule has 0 saturated carbocycles. The Hall–Kier alpha value is -0.120. The Morgan fingerprint density at radius 2 is 2.43 bits per heavy atom. The molecule has 0 unspecified atom stereocenters. The van der Waals surface area contributed by atoms with Crippen molar-refractivity contribution in [3.8, 4) is 0 Å². The summed E-state index contributed by atoms with van der Waals surface area (Å²) in [5.41, 5.74) is 0. The highest BCUT2D eigenvalue weighted by Gasteiger charge is 2.07. The van der Waals surface area contributed by atoms with Crippen LogP contribution in [0, 0.1) is 0 Å². The average Bonchev–Trinajstić information content (AvgIpc) is 1.65. The summed E-state index contributed by atoms with van der Waals surface area (Å²) < 4.78 is 11.6. The Morgan fingerprint density at radius 3 is 2.43 bits per heavy atom. The minimum atomic E-state index is -1.57. The molecule has 0 spiro atoms. The van der Waals surface area contributed by atoms with Crippen molar-refractivity contribution >= 4 is 21.8 Å². The van der Waals surface area contributed by atoms with E-state index in [1.165, 1.54) is 7.05 Å². The molecule has 4 heteroatoms. The molecule has 0 aromatic rings. The van der Waals surface area contributed by atoms with Gasteiger partial charge in [0.25, 0.3) is 5.91 Å². The SMILES string of the molecule is CNC(=O)[C@H](F)Br. The van der Waals surface area contributed by atoms with Gasteiger partial charge in [0.2, 0.25) is 5.08 Å². The Morgan fingerprint density at radius 1 is 2.00 bits per heavy atom. The molecule has 2 nitrogen and oxygen atoms in total. The van der Waals surface area contributed by atoms with E-state index in [1.807, 2.05) is 0 Å². The molecule has 0 rings (SSSR count). The van der Waals surface area contributed by atoms with Crippen molar-refractivity contribution in [1.29, 1.82) is 0 Å². The molecule has 0 aromatic carbocycles. The summed E-state index contributed by atoms with van der Waals surface area (Å²) in [7, 11) is 1.37. The van der Waals surface area contributed by atoms with Gasteiger partial charge in [-0.15, -0.1) is 0 Å². The third-order valence-corrected chi connectivity index (χ3v) is 0.860. The van der Waals surface area contributed by atoms with Gasteiger partial charge in [-0.05, 0) is 15.9 Å². The Kier molecular flexibility index (Phi) is 2.91. The number of carbonyl (C=O) groups excluding carboxylic acids is 1. The van der Waals surface area contributed by atoms with Gasteiger partial charge < -0.3 is 5.32 Å². The van der Waals surface area contributed by atoms with Crippen molar-refractivity contribution in [3.05, 3.63) is 0 Å². The van der Waals surface area contributed by atoms with Gasteiger partial charge in [-0.1, -0.05) is 0 Å².